The molecule has 0 bridgehead atoms. The Morgan fingerprint density at radius 3 is 2.48 bits per heavy atom. The fourth-order valence-electron chi connectivity index (χ4n) is 4.44. The van der Waals surface area contributed by atoms with Crippen LogP contribution in [0.4, 0.5) is 13.2 Å². The minimum Gasteiger partial charge on any atom is -0.338 e. The van der Waals surface area contributed by atoms with Gasteiger partial charge in [-0.3, -0.25) is 9.20 Å². The van der Waals surface area contributed by atoms with E-state index >= 15 is 0 Å². The molecule has 1 aliphatic rings. The second kappa shape index (κ2) is 8.35. The highest BCUT2D eigenvalue weighted by atomic mass is 19.4. The number of fused-ring (bicyclic) bond motifs is 1. The number of carbonyl (C=O) groups excluding carboxylic acids is 1. The van der Waals surface area contributed by atoms with Gasteiger partial charge >= 0.3 is 6.18 Å². The molecule has 3 heterocycles. The lowest BCUT2D eigenvalue weighted by molar-refractivity contribution is -0.137. The minimum absolute atomic E-state index is 0.0936. The Morgan fingerprint density at radius 1 is 0.939 bits per heavy atom. The molecule has 1 saturated heterocycles. The van der Waals surface area contributed by atoms with Crippen molar-refractivity contribution in [3.05, 3.63) is 89.9 Å². The molecule has 1 aliphatic heterocycles. The van der Waals surface area contributed by atoms with Crippen LogP contribution in [0.3, 0.4) is 0 Å². The van der Waals surface area contributed by atoms with Crippen LogP contribution in [0, 0.1) is 0 Å². The first-order valence-electron chi connectivity index (χ1n) is 10.8. The van der Waals surface area contributed by atoms with Gasteiger partial charge in [0.2, 0.25) is 0 Å². The lowest BCUT2D eigenvalue weighted by Gasteiger charge is -2.32. The SMILES string of the molecule is O=C(c1ccccc1-c1ccccc1)N1CCCC(c2nnc3ccc(C(F)(F)F)cn23)C1. The molecule has 5 nitrogen and oxygen atoms in total. The third-order valence-corrected chi connectivity index (χ3v) is 6.07. The molecule has 1 amide bonds. The largest absolute Gasteiger partial charge is 0.417 e. The van der Waals surface area contributed by atoms with Gasteiger partial charge in [-0.2, -0.15) is 13.2 Å². The molecule has 4 aromatic rings. The van der Waals surface area contributed by atoms with E-state index in [1.807, 2.05) is 54.6 Å². The summed E-state index contributed by atoms with van der Waals surface area (Å²) in [5.41, 5.74) is 2.02. The minimum atomic E-state index is -4.45. The molecule has 168 valence electrons. The highest BCUT2D eigenvalue weighted by Gasteiger charge is 2.33. The van der Waals surface area contributed by atoms with Crippen LogP contribution in [-0.2, 0) is 6.18 Å². The van der Waals surface area contributed by atoms with Crippen molar-refractivity contribution in [3.63, 3.8) is 0 Å². The number of benzene rings is 2. The quantitative estimate of drug-likeness (QED) is 0.418. The summed E-state index contributed by atoms with van der Waals surface area (Å²) in [6, 6.07) is 19.5. The van der Waals surface area contributed by atoms with Crippen LogP contribution in [0.5, 0.6) is 0 Å². The Kier molecular flexibility index (Phi) is 5.36. The van der Waals surface area contributed by atoms with Crippen LogP contribution in [0.2, 0.25) is 0 Å². The summed E-state index contributed by atoms with van der Waals surface area (Å²) >= 11 is 0. The number of hydrogen-bond acceptors (Lipinski definition) is 3. The molecule has 1 atom stereocenters. The van der Waals surface area contributed by atoms with Crippen LogP contribution in [-0.4, -0.2) is 38.5 Å². The lowest BCUT2D eigenvalue weighted by atomic mass is 9.94. The van der Waals surface area contributed by atoms with Crippen molar-refractivity contribution < 1.29 is 18.0 Å². The highest BCUT2D eigenvalue weighted by Crippen LogP contribution is 2.32. The van der Waals surface area contributed by atoms with E-state index in [-0.39, 0.29) is 11.8 Å². The maximum Gasteiger partial charge on any atom is 0.417 e. The van der Waals surface area contributed by atoms with Crippen molar-refractivity contribution in [1.29, 1.82) is 0 Å². The van der Waals surface area contributed by atoms with Gasteiger partial charge < -0.3 is 4.90 Å². The number of nitrogens with zero attached hydrogens (tertiary/aromatic N) is 4. The molecule has 0 N–H and O–H groups in total. The van der Waals surface area contributed by atoms with E-state index in [1.54, 1.807) is 4.90 Å². The van der Waals surface area contributed by atoms with Gasteiger partial charge in [0.15, 0.2) is 5.65 Å². The average molecular weight is 450 g/mol. The Labute approximate surface area is 188 Å². The number of amides is 1. The number of rotatable bonds is 3. The zero-order valence-electron chi connectivity index (χ0n) is 17.7. The summed E-state index contributed by atoms with van der Waals surface area (Å²) in [5, 5.41) is 8.22. The van der Waals surface area contributed by atoms with Gasteiger partial charge in [0.05, 0.1) is 5.56 Å². The number of alkyl halides is 3. The molecular weight excluding hydrogens is 429 g/mol. The summed E-state index contributed by atoms with van der Waals surface area (Å²) in [6.45, 7) is 0.960. The third-order valence-electron chi connectivity index (χ3n) is 6.07. The fourth-order valence-corrected chi connectivity index (χ4v) is 4.44. The Balaban J connectivity index is 1.44. The first-order valence-corrected chi connectivity index (χ1v) is 10.8. The Morgan fingerprint density at radius 2 is 1.70 bits per heavy atom. The number of pyridine rings is 1. The van der Waals surface area contributed by atoms with Crippen molar-refractivity contribution in [2.45, 2.75) is 24.9 Å². The predicted octanol–water partition coefficient (Wildman–Crippen LogP) is 5.43. The summed E-state index contributed by atoms with van der Waals surface area (Å²) in [4.78, 5) is 15.3. The Bertz CT molecular complexity index is 1300. The number of piperidine rings is 1. The Hall–Kier alpha value is -3.68. The van der Waals surface area contributed by atoms with Crippen molar-refractivity contribution >= 4 is 11.6 Å². The zero-order chi connectivity index (χ0) is 23.0. The molecule has 1 unspecified atom stereocenters. The smallest absolute Gasteiger partial charge is 0.338 e. The number of hydrogen-bond donors (Lipinski definition) is 0. The first-order chi connectivity index (χ1) is 15.9. The molecule has 2 aromatic carbocycles. The van der Waals surface area contributed by atoms with E-state index in [0.29, 0.717) is 30.1 Å². The molecule has 0 spiro atoms. The van der Waals surface area contributed by atoms with E-state index in [9.17, 15) is 18.0 Å². The normalized spacial score (nSPS) is 16.8. The van der Waals surface area contributed by atoms with Gasteiger partial charge in [-0.05, 0) is 42.2 Å². The highest BCUT2D eigenvalue weighted by molar-refractivity contribution is 6.01. The molecule has 1 fully saturated rings. The van der Waals surface area contributed by atoms with Gasteiger partial charge in [0.25, 0.3) is 5.91 Å². The molecule has 0 aliphatic carbocycles. The van der Waals surface area contributed by atoms with Crippen molar-refractivity contribution in [1.82, 2.24) is 19.5 Å². The summed E-state index contributed by atoms with van der Waals surface area (Å²) in [5.74, 6) is 0.152. The van der Waals surface area contributed by atoms with E-state index in [2.05, 4.69) is 10.2 Å². The van der Waals surface area contributed by atoms with E-state index in [1.165, 1.54) is 10.5 Å². The van der Waals surface area contributed by atoms with Gasteiger partial charge in [0, 0.05) is 30.8 Å². The second-order valence-corrected chi connectivity index (χ2v) is 8.20. The standard InChI is InChI=1S/C25H21F3N4O/c26-25(27,28)19-12-13-22-29-30-23(32(22)16-19)18-9-6-14-31(15-18)24(33)21-11-5-4-10-20(21)17-7-2-1-3-8-17/h1-5,7-8,10-13,16,18H,6,9,14-15H2. The molecule has 8 heteroatoms. The van der Waals surface area contributed by atoms with Crippen molar-refractivity contribution in [2.75, 3.05) is 13.1 Å². The topological polar surface area (TPSA) is 50.5 Å². The molecule has 0 radical (unpaired) electrons. The van der Waals surface area contributed by atoms with E-state index < -0.39 is 11.7 Å². The molecular formula is C25H21F3N4O. The summed E-state index contributed by atoms with van der Waals surface area (Å²) in [6.07, 6.45) is -1.96. The number of carbonyl (C=O) groups is 1. The van der Waals surface area contributed by atoms with E-state index in [0.717, 1.165) is 36.2 Å². The van der Waals surface area contributed by atoms with Crippen LogP contribution in [0.1, 0.15) is 40.5 Å². The van der Waals surface area contributed by atoms with Gasteiger partial charge in [-0.1, -0.05) is 48.5 Å². The fraction of sp³-hybridized carbons (Fsp3) is 0.240. The van der Waals surface area contributed by atoms with Crippen molar-refractivity contribution in [3.8, 4) is 11.1 Å². The van der Waals surface area contributed by atoms with Crippen LogP contribution in [0.15, 0.2) is 72.9 Å². The number of halogens is 3. The predicted molar refractivity (Wildman–Crippen MR) is 118 cm³/mol. The second-order valence-electron chi connectivity index (χ2n) is 8.20. The van der Waals surface area contributed by atoms with E-state index in [4.69, 9.17) is 0 Å². The molecule has 0 saturated carbocycles. The van der Waals surface area contributed by atoms with Gasteiger partial charge in [-0.15, -0.1) is 10.2 Å². The third kappa shape index (κ3) is 4.08. The first kappa shape index (κ1) is 21.2. The van der Waals surface area contributed by atoms with Gasteiger partial charge in [-0.25, -0.2) is 0 Å². The van der Waals surface area contributed by atoms with Crippen LogP contribution in [0.25, 0.3) is 16.8 Å². The van der Waals surface area contributed by atoms with Crippen LogP contribution >= 0.6 is 0 Å². The monoisotopic (exact) mass is 450 g/mol. The molecule has 33 heavy (non-hydrogen) atoms. The maximum atomic E-state index is 13.5. The summed E-state index contributed by atoms with van der Waals surface area (Å²) in [7, 11) is 0. The maximum absolute atomic E-state index is 13.5. The number of aromatic nitrogens is 3. The molecule has 5 rings (SSSR count). The number of likely N-dealkylation sites (tertiary alicyclic amines) is 1. The lowest BCUT2D eigenvalue weighted by Crippen LogP contribution is -2.39. The summed E-state index contributed by atoms with van der Waals surface area (Å²) < 4.78 is 41.1. The van der Waals surface area contributed by atoms with Crippen LogP contribution < -0.4 is 0 Å². The van der Waals surface area contributed by atoms with Crippen molar-refractivity contribution in [2.24, 2.45) is 0 Å². The zero-order valence-corrected chi connectivity index (χ0v) is 17.7. The van der Waals surface area contributed by atoms with Gasteiger partial charge in [0.1, 0.15) is 5.82 Å². The molecule has 2 aromatic heterocycles. The average Bonchev–Trinajstić information content (AvgIpc) is 3.27.